The molecular weight excluding hydrogens is 302 g/mol. The van der Waals surface area contributed by atoms with Gasteiger partial charge in [-0.3, -0.25) is 4.99 Å². The summed E-state index contributed by atoms with van der Waals surface area (Å²) in [5.74, 6) is 2.38. The third kappa shape index (κ3) is 8.77. The zero-order chi connectivity index (χ0) is 17.6. The Kier molecular flexibility index (Phi) is 10.7. The summed E-state index contributed by atoms with van der Waals surface area (Å²) in [4.78, 5) is 4.59. The molecule has 0 aliphatic heterocycles. The summed E-state index contributed by atoms with van der Waals surface area (Å²) in [6.45, 7) is 10.4. The molecule has 0 saturated carbocycles. The van der Waals surface area contributed by atoms with Gasteiger partial charge < -0.3 is 20.1 Å². The molecule has 136 valence electrons. The van der Waals surface area contributed by atoms with Crippen LogP contribution >= 0.6 is 0 Å². The predicted molar refractivity (Wildman–Crippen MR) is 101 cm³/mol. The molecule has 0 amide bonds. The molecule has 0 aromatic heterocycles. The standard InChI is InChI=1S/C19H33N3O2/c1-5-20-19(21-12-8-14-24-15-16(2)3)22-13-11-17-9-6-7-10-18(17)23-4/h6-7,9-10,16H,5,8,11-15H2,1-4H3,(H2,20,21,22). The number of guanidine groups is 1. The Morgan fingerprint density at radius 2 is 2.00 bits per heavy atom. The lowest BCUT2D eigenvalue weighted by Gasteiger charge is -2.13. The summed E-state index contributed by atoms with van der Waals surface area (Å²) in [5.41, 5.74) is 1.20. The summed E-state index contributed by atoms with van der Waals surface area (Å²) in [6.07, 6.45) is 1.84. The van der Waals surface area contributed by atoms with Crippen molar-refractivity contribution < 1.29 is 9.47 Å². The number of para-hydroxylation sites is 1. The van der Waals surface area contributed by atoms with E-state index in [2.05, 4.69) is 42.5 Å². The monoisotopic (exact) mass is 335 g/mol. The fourth-order valence-corrected chi connectivity index (χ4v) is 2.24. The topological polar surface area (TPSA) is 54.9 Å². The first-order valence-electron chi connectivity index (χ1n) is 8.89. The lowest BCUT2D eigenvalue weighted by molar-refractivity contribution is 0.109. The van der Waals surface area contributed by atoms with Crippen molar-refractivity contribution in [2.45, 2.75) is 33.6 Å². The second kappa shape index (κ2) is 12.6. The van der Waals surface area contributed by atoms with E-state index in [9.17, 15) is 0 Å². The van der Waals surface area contributed by atoms with Crippen molar-refractivity contribution in [3.63, 3.8) is 0 Å². The van der Waals surface area contributed by atoms with Crippen LogP contribution in [0.25, 0.3) is 0 Å². The Morgan fingerprint density at radius 3 is 2.71 bits per heavy atom. The van der Waals surface area contributed by atoms with Gasteiger partial charge in [0.05, 0.1) is 7.11 Å². The third-order valence-corrected chi connectivity index (χ3v) is 3.39. The van der Waals surface area contributed by atoms with Crippen molar-refractivity contribution in [2.75, 3.05) is 40.0 Å². The molecule has 0 saturated heterocycles. The normalized spacial score (nSPS) is 11.6. The van der Waals surface area contributed by atoms with Crippen molar-refractivity contribution in [1.29, 1.82) is 0 Å². The highest BCUT2D eigenvalue weighted by Gasteiger charge is 2.02. The maximum absolute atomic E-state index is 5.58. The number of methoxy groups -OCH3 is 1. The third-order valence-electron chi connectivity index (χ3n) is 3.39. The van der Waals surface area contributed by atoms with E-state index in [1.165, 1.54) is 5.56 Å². The number of nitrogens with one attached hydrogen (secondary N) is 2. The van der Waals surface area contributed by atoms with Crippen LogP contribution in [0.3, 0.4) is 0 Å². The molecule has 0 atom stereocenters. The fraction of sp³-hybridized carbons (Fsp3) is 0.632. The van der Waals surface area contributed by atoms with E-state index in [-0.39, 0.29) is 0 Å². The molecule has 1 rings (SSSR count). The molecule has 24 heavy (non-hydrogen) atoms. The molecule has 1 aromatic carbocycles. The zero-order valence-electron chi connectivity index (χ0n) is 15.6. The molecule has 2 N–H and O–H groups in total. The summed E-state index contributed by atoms with van der Waals surface area (Å²) in [7, 11) is 1.71. The molecule has 0 spiro atoms. The first-order chi connectivity index (χ1) is 11.7. The van der Waals surface area contributed by atoms with Gasteiger partial charge in [0, 0.05) is 32.8 Å². The molecule has 0 bridgehead atoms. The van der Waals surface area contributed by atoms with Crippen LogP contribution in [0.4, 0.5) is 0 Å². The van der Waals surface area contributed by atoms with Gasteiger partial charge in [-0.05, 0) is 37.3 Å². The van der Waals surface area contributed by atoms with Crippen molar-refractivity contribution >= 4 is 5.96 Å². The van der Waals surface area contributed by atoms with Gasteiger partial charge in [-0.1, -0.05) is 32.0 Å². The molecule has 0 heterocycles. The van der Waals surface area contributed by atoms with Gasteiger partial charge in [-0.15, -0.1) is 0 Å². The van der Waals surface area contributed by atoms with Crippen molar-refractivity contribution in [3.05, 3.63) is 29.8 Å². The smallest absolute Gasteiger partial charge is 0.191 e. The largest absolute Gasteiger partial charge is 0.496 e. The maximum atomic E-state index is 5.58. The van der Waals surface area contributed by atoms with Crippen molar-refractivity contribution in [1.82, 2.24) is 10.6 Å². The number of hydrogen-bond acceptors (Lipinski definition) is 3. The first kappa shape index (κ1) is 20.3. The second-order valence-corrected chi connectivity index (χ2v) is 6.07. The minimum Gasteiger partial charge on any atom is -0.496 e. The average molecular weight is 335 g/mol. The number of ether oxygens (including phenoxy) is 2. The van der Waals surface area contributed by atoms with Crippen LogP contribution in [-0.4, -0.2) is 45.9 Å². The van der Waals surface area contributed by atoms with Crippen LogP contribution in [0.2, 0.25) is 0 Å². The number of rotatable bonds is 11. The van der Waals surface area contributed by atoms with Crippen molar-refractivity contribution in [3.8, 4) is 5.75 Å². The summed E-state index contributed by atoms with van der Waals surface area (Å²) in [6, 6.07) is 8.11. The van der Waals surface area contributed by atoms with Gasteiger partial charge in [0.25, 0.3) is 0 Å². The number of hydrogen-bond donors (Lipinski definition) is 2. The Labute approximate surface area is 146 Å². The highest BCUT2D eigenvalue weighted by atomic mass is 16.5. The Hall–Kier alpha value is -1.75. The van der Waals surface area contributed by atoms with Gasteiger partial charge in [-0.25, -0.2) is 0 Å². The SMILES string of the molecule is CCNC(=NCCCOCC(C)C)NCCc1ccccc1OC. The summed E-state index contributed by atoms with van der Waals surface area (Å²) in [5, 5.41) is 6.65. The average Bonchev–Trinajstić information content (AvgIpc) is 2.58. The van der Waals surface area contributed by atoms with E-state index in [0.29, 0.717) is 5.92 Å². The lowest BCUT2D eigenvalue weighted by Crippen LogP contribution is -2.38. The first-order valence-corrected chi connectivity index (χ1v) is 8.89. The maximum Gasteiger partial charge on any atom is 0.191 e. The molecule has 5 nitrogen and oxygen atoms in total. The number of benzene rings is 1. The lowest BCUT2D eigenvalue weighted by atomic mass is 10.1. The predicted octanol–water partition coefficient (Wildman–Crippen LogP) is 2.86. The van der Waals surface area contributed by atoms with Gasteiger partial charge >= 0.3 is 0 Å². The van der Waals surface area contributed by atoms with E-state index in [1.807, 2.05) is 18.2 Å². The van der Waals surface area contributed by atoms with Crippen LogP contribution in [0.5, 0.6) is 5.75 Å². The number of aliphatic imine (C=N–C) groups is 1. The Balaban J connectivity index is 2.33. The second-order valence-electron chi connectivity index (χ2n) is 6.07. The van der Waals surface area contributed by atoms with Gasteiger partial charge in [-0.2, -0.15) is 0 Å². The molecule has 0 aliphatic carbocycles. The fourth-order valence-electron chi connectivity index (χ4n) is 2.24. The van der Waals surface area contributed by atoms with E-state index >= 15 is 0 Å². The Bertz CT molecular complexity index is 475. The van der Waals surface area contributed by atoms with Crippen LogP contribution < -0.4 is 15.4 Å². The molecule has 0 aliphatic rings. The number of nitrogens with zero attached hydrogens (tertiary/aromatic N) is 1. The van der Waals surface area contributed by atoms with E-state index in [1.54, 1.807) is 7.11 Å². The van der Waals surface area contributed by atoms with E-state index in [0.717, 1.165) is 57.4 Å². The van der Waals surface area contributed by atoms with Gasteiger partial charge in [0.1, 0.15) is 5.75 Å². The molecule has 0 radical (unpaired) electrons. The van der Waals surface area contributed by atoms with E-state index < -0.39 is 0 Å². The van der Waals surface area contributed by atoms with Crippen molar-refractivity contribution in [2.24, 2.45) is 10.9 Å². The molecule has 0 fully saturated rings. The summed E-state index contributed by atoms with van der Waals surface area (Å²) >= 11 is 0. The van der Waals surface area contributed by atoms with Crippen LogP contribution in [0.15, 0.2) is 29.3 Å². The van der Waals surface area contributed by atoms with Crippen LogP contribution in [-0.2, 0) is 11.2 Å². The van der Waals surface area contributed by atoms with Gasteiger partial charge in [0.15, 0.2) is 5.96 Å². The van der Waals surface area contributed by atoms with Crippen LogP contribution in [0.1, 0.15) is 32.8 Å². The highest BCUT2D eigenvalue weighted by molar-refractivity contribution is 5.79. The molecule has 0 unspecified atom stereocenters. The van der Waals surface area contributed by atoms with Gasteiger partial charge in [0.2, 0.25) is 0 Å². The minimum absolute atomic E-state index is 0.586. The highest BCUT2D eigenvalue weighted by Crippen LogP contribution is 2.17. The van der Waals surface area contributed by atoms with E-state index in [4.69, 9.17) is 9.47 Å². The zero-order valence-corrected chi connectivity index (χ0v) is 15.6. The Morgan fingerprint density at radius 1 is 1.21 bits per heavy atom. The molecule has 1 aromatic rings. The molecular formula is C19H33N3O2. The summed E-state index contributed by atoms with van der Waals surface area (Å²) < 4.78 is 11.0. The van der Waals surface area contributed by atoms with Crippen LogP contribution in [0, 0.1) is 5.92 Å². The minimum atomic E-state index is 0.586. The molecule has 5 heteroatoms. The quantitative estimate of drug-likeness (QED) is 0.371.